The fourth-order valence-electron chi connectivity index (χ4n) is 2.71. The van der Waals surface area contributed by atoms with E-state index in [0.29, 0.717) is 16.6 Å². The molecule has 1 aromatic heterocycles. The summed E-state index contributed by atoms with van der Waals surface area (Å²) >= 11 is 5.88. The van der Waals surface area contributed by atoms with Gasteiger partial charge in [0.2, 0.25) is 0 Å². The molecule has 1 amide bonds. The Hall–Kier alpha value is -1.85. The number of piperidine rings is 1. The Labute approximate surface area is 134 Å². The maximum atomic E-state index is 12.3. The molecule has 5 nitrogen and oxygen atoms in total. The van der Waals surface area contributed by atoms with Crippen LogP contribution in [0.3, 0.4) is 0 Å². The van der Waals surface area contributed by atoms with Crippen LogP contribution >= 0.6 is 11.6 Å². The molecule has 1 saturated heterocycles. The van der Waals surface area contributed by atoms with Gasteiger partial charge in [0.25, 0.3) is 5.91 Å². The topological polar surface area (TPSA) is 59.0 Å². The maximum absolute atomic E-state index is 12.3. The standard InChI is InChI=1S/C16H19ClN4O/c1-11-8-14(6-7-18-11)20-16(22)12-9-19-21(10-12)15-4-2-13(17)3-5-15/h2-5,9-11,14,18H,6-8H2,1H3,(H,20,22). The van der Waals surface area contributed by atoms with E-state index in [1.807, 2.05) is 12.1 Å². The van der Waals surface area contributed by atoms with Crippen LogP contribution < -0.4 is 10.6 Å². The van der Waals surface area contributed by atoms with Gasteiger partial charge in [-0.25, -0.2) is 4.68 Å². The summed E-state index contributed by atoms with van der Waals surface area (Å²) in [4.78, 5) is 12.3. The van der Waals surface area contributed by atoms with Crippen molar-refractivity contribution in [2.75, 3.05) is 6.54 Å². The van der Waals surface area contributed by atoms with Gasteiger partial charge in [-0.3, -0.25) is 4.79 Å². The lowest BCUT2D eigenvalue weighted by atomic mass is 10.0. The van der Waals surface area contributed by atoms with Crippen LogP contribution in [0, 0.1) is 0 Å². The van der Waals surface area contributed by atoms with Gasteiger partial charge in [0.05, 0.1) is 17.4 Å². The molecular weight excluding hydrogens is 300 g/mol. The molecule has 0 spiro atoms. The fourth-order valence-corrected chi connectivity index (χ4v) is 2.83. The predicted octanol–water partition coefficient (Wildman–Crippen LogP) is 2.40. The van der Waals surface area contributed by atoms with Crippen LogP contribution in [0.4, 0.5) is 0 Å². The highest BCUT2D eigenvalue weighted by atomic mass is 35.5. The SMILES string of the molecule is CC1CC(NC(=O)c2cnn(-c3ccc(Cl)cc3)c2)CCN1. The molecule has 0 bridgehead atoms. The molecule has 0 saturated carbocycles. The minimum absolute atomic E-state index is 0.0701. The largest absolute Gasteiger partial charge is 0.349 e. The van der Waals surface area contributed by atoms with Gasteiger partial charge >= 0.3 is 0 Å². The molecule has 22 heavy (non-hydrogen) atoms. The fraction of sp³-hybridized carbons (Fsp3) is 0.375. The first-order valence-corrected chi connectivity index (χ1v) is 7.84. The van der Waals surface area contributed by atoms with Gasteiger partial charge in [-0.1, -0.05) is 11.6 Å². The Morgan fingerprint density at radius 1 is 1.41 bits per heavy atom. The van der Waals surface area contributed by atoms with Crippen LogP contribution in [0.15, 0.2) is 36.7 Å². The van der Waals surface area contributed by atoms with Gasteiger partial charge in [0, 0.05) is 23.3 Å². The van der Waals surface area contributed by atoms with Gasteiger partial charge in [-0.05, 0) is 50.6 Å². The summed E-state index contributed by atoms with van der Waals surface area (Å²) in [6, 6.07) is 8.00. The van der Waals surface area contributed by atoms with Crippen molar-refractivity contribution in [1.82, 2.24) is 20.4 Å². The molecule has 3 rings (SSSR count). The highest BCUT2D eigenvalue weighted by molar-refractivity contribution is 6.30. The summed E-state index contributed by atoms with van der Waals surface area (Å²) in [7, 11) is 0. The van der Waals surface area contributed by atoms with Crippen LogP contribution in [0.1, 0.15) is 30.1 Å². The second-order valence-corrected chi connectivity index (χ2v) is 6.14. The normalized spacial score (nSPS) is 21.5. The van der Waals surface area contributed by atoms with E-state index < -0.39 is 0 Å². The van der Waals surface area contributed by atoms with E-state index in [-0.39, 0.29) is 11.9 Å². The van der Waals surface area contributed by atoms with Gasteiger partial charge in [-0.15, -0.1) is 0 Å². The highest BCUT2D eigenvalue weighted by Gasteiger charge is 2.21. The predicted molar refractivity (Wildman–Crippen MR) is 86.5 cm³/mol. The molecule has 1 aromatic carbocycles. The van der Waals surface area contributed by atoms with Gasteiger partial charge in [-0.2, -0.15) is 5.10 Å². The Morgan fingerprint density at radius 2 is 2.18 bits per heavy atom. The van der Waals surface area contributed by atoms with Gasteiger partial charge < -0.3 is 10.6 Å². The lowest BCUT2D eigenvalue weighted by Gasteiger charge is -2.28. The van der Waals surface area contributed by atoms with Crippen LogP contribution in [0.2, 0.25) is 5.02 Å². The molecule has 2 heterocycles. The zero-order valence-electron chi connectivity index (χ0n) is 12.4. The number of amides is 1. The molecular formula is C16H19ClN4O. The van der Waals surface area contributed by atoms with Crippen molar-refractivity contribution in [2.24, 2.45) is 0 Å². The van der Waals surface area contributed by atoms with E-state index in [9.17, 15) is 4.79 Å². The van der Waals surface area contributed by atoms with E-state index in [0.717, 1.165) is 25.1 Å². The quantitative estimate of drug-likeness (QED) is 0.913. The van der Waals surface area contributed by atoms with Crippen LogP contribution in [-0.4, -0.2) is 34.3 Å². The number of nitrogens with one attached hydrogen (secondary N) is 2. The first-order valence-electron chi connectivity index (χ1n) is 7.46. The number of hydrogen-bond acceptors (Lipinski definition) is 3. The monoisotopic (exact) mass is 318 g/mol. The van der Waals surface area contributed by atoms with E-state index in [2.05, 4.69) is 22.7 Å². The molecule has 2 N–H and O–H groups in total. The summed E-state index contributed by atoms with van der Waals surface area (Å²) in [5.74, 6) is -0.0701. The van der Waals surface area contributed by atoms with Crippen molar-refractivity contribution < 1.29 is 4.79 Å². The van der Waals surface area contributed by atoms with E-state index in [4.69, 9.17) is 11.6 Å². The summed E-state index contributed by atoms with van der Waals surface area (Å²) in [6.07, 6.45) is 5.25. The minimum Gasteiger partial charge on any atom is -0.349 e. The van der Waals surface area contributed by atoms with E-state index in [1.54, 1.807) is 29.2 Å². The third-order valence-electron chi connectivity index (χ3n) is 3.89. The van der Waals surface area contributed by atoms with Crippen LogP contribution in [-0.2, 0) is 0 Å². The zero-order valence-corrected chi connectivity index (χ0v) is 13.2. The highest BCUT2D eigenvalue weighted by Crippen LogP contribution is 2.14. The average molecular weight is 319 g/mol. The zero-order chi connectivity index (χ0) is 15.5. The smallest absolute Gasteiger partial charge is 0.254 e. The van der Waals surface area contributed by atoms with Gasteiger partial charge in [0.15, 0.2) is 0 Å². The summed E-state index contributed by atoms with van der Waals surface area (Å²) in [5.41, 5.74) is 1.44. The average Bonchev–Trinajstić information content (AvgIpc) is 2.98. The molecule has 1 fully saturated rings. The number of hydrogen-bond donors (Lipinski definition) is 2. The molecule has 2 aromatic rings. The number of nitrogens with zero attached hydrogens (tertiary/aromatic N) is 2. The number of benzene rings is 1. The van der Waals surface area contributed by atoms with Crippen molar-refractivity contribution in [3.05, 3.63) is 47.2 Å². The Balaban J connectivity index is 1.67. The maximum Gasteiger partial charge on any atom is 0.254 e. The molecule has 116 valence electrons. The third-order valence-corrected chi connectivity index (χ3v) is 4.15. The number of carbonyl (C=O) groups excluding carboxylic acids is 1. The van der Waals surface area contributed by atoms with E-state index >= 15 is 0 Å². The minimum atomic E-state index is -0.0701. The van der Waals surface area contributed by atoms with E-state index in [1.165, 1.54) is 0 Å². The first kappa shape index (κ1) is 15.1. The van der Waals surface area contributed by atoms with Crippen LogP contribution in [0.5, 0.6) is 0 Å². The number of carbonyl (C=O) groups is 1. The summed E-state index contributed by atoms with van der Waals surface area (Å²) in [5, 5.41) is 11.4. The van der Waals surface area contributed by atoms with Crippen molar-refractivity contribution in [1.29, 1.82) is 0 Å². The molecule has 1 aliphatic rings. The van der Waals surface area contributed by atoms with Crippen LogP contribution in [0.25, 0.3) is 5.69 Å². The first-order chi connectivity index (χ1) is 10.6. The number of aromatic nitrogens is 2. The van der Waals surface area contributed by atoms with Crippen molar-refractivity contribution in [2.45, 2.75) is 31.8 Å². The molecule has 6 heteroatoms. The molecule has 1 aliphatic heterocycles. The summed E-state index contributed by atoms with van der Waals surface area (Å²) in [6.45, 7) is 3.08. The molecule has 0 aliphatic carbocycles. The molecule has 0 radical (unpaired) electrons. The third kappa shape index (κ3) is 3.48. The van der Waals surface area contributed by atoms with Crippen molar-refractivity contribution >= 4 is 17.5 Å². The molecule has 2 unspecified atom stereocenters. The van der Waals surface area contributed by atoms with Gasteiger partial charge in [0.1, 0.15) is 0 Å². The molecule has 2 atom stereocenters. The van der Waals surface area contributed by atoms with Crippen molar-refractivity contribution in [3.63, 3.8) is 0 Å². The summed E-state index contributed by atoms with van der Waals surface area (Å²) < 4.78 is 1.68. The second kappa shape index (κ2) is 6.50. The number of halogens is 1. The Bertz CT molecular complexity index is 652. The second-order valence-electron chi connectivity index (χ2n) is 5.70. The number of rotatable bonds is 3. The van der Waals surface area contributed by atoms with Crippen molar-refractivity contribution in [3.8, 4) is 5.69 Å². The Kier molecular flexibility index (Phi) is 4.45. The lowest BCUT2D eigenvalue weighted by molar-refractivity contribution is 0.0925. The lowest BCUT2D eigenvalue weighted by Crippen LogP contribution is -2.46. The Morgan fingerprint density at radius 3 is 2.91 bits per heavy atom.